The zero-order chi connectivity index (χ0) is 22.2. The number of fused-ring (bicyclic) bond motifs is 3. The molecule has 0 aliphatic carbocycles. The van der Waals surface area contributed by atoms with Gasteiger partial charge in [-0.2, -0.15) is 0 Å². The van der Waals surface area contributed by atoms with Crippen LogP contribution in [0.3, 0.4) is 0 Å². The van der Waals surface area contributed by atoms with Crippen molar-refractivity contribution >= 4 is 34.3 Å². The minimum absolute atomic E-state index is 0.124. The van der Waals surface area contributed by atoms with Crippen molar-refractivity contribution in [3.63, 3.8) is 0 Å². The number of carbonyl (C=O) groups excluding carboxylic acids is 1. The van der Waals surface area contributed by atoms with Crippen LogP contribution in [0.5, 0.6) is 0 Å². The Morgan fingerprint density at radius 2 is 1.81 bits per heavy atom. The predicted molar refractivity (Wildman–Crippen MR) is 127 cm³/mol. The maximum absolute atomic E-state index is 13.5. The third kappa shape index (κ3) is 3.58. The first-order valence-corrected chi connectivity index (χ1v) is 11.9. The first-order chi connectivity index (χ1) is 15.5. The van der Waals surface area contributed by atoms with E-state index in [-0.39, 0.29) is 11.5 Å². The molecule has 0 bridgehead atoms. The van der Waals surface area contributed by atoms with E-state index in [1.165, 1.54) is 18.2 Å². The van der Waals surface area contributed by atoms with E-state index in [1.807, 2.05) is 59.5 Å². The molecule has 0 spiro atoms. The van der Waals surface area contributed by atoms with Crippen molar-refractivity contribution in [2.45, 2.75) is 38.3 Å². The Labute approximate surface area is 190 Å². The molecule has 1 aliphatic rings. The topological polar surface area (TPSA) is 72.5 Å². The molecule has 0 saturated carbocycles. The van der Waals surface area contributed by atoms with Gasteiger partial charge in [0.25, 0.3) is 5.56 Å². The highest BCUT2D eigenvalue weighted by Crippen LogP contribution is 2.25. The second-order valence-electron chi connectivity index (χ2n) is 8.30. The van der Waals surface area contributed by atoms with Crippen molar-refractivity contribution < 1.29 is 4.79 Å². The maximum atomic E-state index is 13.5. The maximum Gasteiger partial charge on any atom is 0.267 e. The summed E-state index contributed by atoms with van der Waals surface area (Å²) in [6.45, 7) is 5.68. The number of benzene rings is 2. The number of thioether (sulfide) groups is 1. The van der Waals surface area contributed by atoms with Crippen LogP contribution < -0.4 is 5.56 Å². The van der Waals surface area contributed by atoms with Crippen molar-refractivity contribution in [2.24, 2.45) is 0 Å². The van der Waals surface area contributed by atoms with E-state index in [1.54, 1.807) is 4.57 Å². The molecule has 3 heterocycles. The van der Waals surface area contributed by atoms with E-state index >= 15 is 0 Å². The molecule has 0 atom stereocenters. The molecule has 0 N–H and O–H groups in total. The van der Waals surface area contributed by atoms with Crippen LogP contribution in [0.1, 0.15) is 30.4 Å². The van der Waals surface area contributed by atoms with Crippen molar-refractivity contribution in [3.05, 3.63) is 63.9 Å². The fourth-order valence-corrected chi connectivity index (χ4v) is 5.25. The summed E-state index contributed by atoms with van der Waals surface area (Å²) in [6.07, 6.45) is 3.32. The largest absolute Gasteiger partial charge is 0.342 e. The van der Waals surface area contributed by atoms with E-state index in [9.17, 15) is 9.59 Å². The highest BCUT2D eigenvalue weighted by Gasteiger charge is 2.21. The summed E-state index contributed by atoms with van der Waals surface area (Å²) in [5.41, 5.74) is 3.51. The molecule has 2 aromatic carbocycles. The van der Waals surface area contributed by atoms with Crippen LogP contribution in [0.2, 0.25) is 0 Å². The number of para-hydroxylation sites is 1. The Kier molecular flexibility index (Phi) is 5.46. The zero-order valence-corrected chi connectivity index (χ0v) is 19.1. The molecule has 7 nitrogen and oxygen atoms in total. The first-order valence-electron chi connectivity index (χ1n) is 10.9. The van der Waals surface area contributed by atoms with Gasteiger partial charge in [0, 0.05) is 13.1 Å². The summed E-state index contributed by atoms with van der Waals surface area (Å²) in [5.74, 6) is 0.879. The lowest BCUT2D eigenvalue weighted by molar-refractivity contribution is -0.129. The van der Waals surface area contributed by atoms with E-state index in [0.717, 1.165) is 48.3 Å². The number of piperidine rings is 1. The number of rotatable bonds is 4. The van der Waals surface area contributed by atoms with Crippen LogP contribution in [-0.2, 0) is 4.79 Å². The molecule has 2 aromatic heterocycles. The Hall–Kier alpha value is -3.13. The van der Waals surface area contributed by atoms with Crippen LogP contribution in [0.25, 0.3) is 22.4 Å². The fraction of sp³-hybridized carbons (Fsp3) is 0.333. The Balaban J connectivity index is 1.63. The van der Waals surface area contributed by atoms with Crippen LogP contribution in [-0.4, -0.2) is 48.8 Å². The summed E-state index contributed by atoms with van der Waals surface area (Å²) in [6, 6.07) is 13.5. The van der Waals surface area contributed by atoms with Crippen molar-refractivity contribution in [3.8, 4) is 5.69 Å². The summed E-state index contributed by atoms with van der Waals surface area (Å²) >= 11 is 1.37. The number of nitrogens with zero attached hydrogens (tertiary/aromatic N) is 5. The second-order valence-corrected chi connectivity index (χ2v) is 9.24. The number of aryl methyl sites for hydroxylation is 2. The summed E-state index contributed by atoms with van der Waals surface area (Å²) in [5, 5.41) is 9.97. The van der Waals surface area contributed by atoms with Crippen LogP contribution in [0.15, 0.2) is 52.4 Å². The molecule has 1 amide bonds. The first kappa shape index (κ1) is 20.8. The molecule has 32 heavy (non-hydrogen) atoms. The third-order valence-corrected chi connectivity index (χ3v) is 6.94. The van der Waals surface area contributed by atoms with E-state index in [2.05, 4.69) is 16.3 Å². The monoisotopic (exact) mass is 447 g/mol. The van der Waals surface area contributed by atoms with Gasteiger partial charge in [-0.15, -0.1) is 10.2 Å². The summed E-state index contributed by atoms with van der Waals surface area (Å²) in [4.78, 5) is 28.1. The normalized spacial score (nSPS) is 14.4. The van der Waals surface area contributed by atoms with Gasteiger partial charge < -0.3 is 4.90 Å². The number of amides is 1. The summed E-state index contributed by atoms with van der Waals surface area (Å²) in [7, 11) is 0. The molecule has 4 aromatic rings. The number of hydrogen-bond donors (Lipinski definition) is 0. The average Bonchev–Trinajstić information content (AvgIpc) is 3.23. The molecule has 1 fully saturated rings. The smallest absolute Gasteiger partial charge is 0.267 e. The molecule has 0 unspecified atom stereocenters. The lowest BCUT2D eigenvalue weighted by Crippen LogP contribution is -2.36. The quantitative estimate of drug-likeness (QED) is 0.446. The van der Waals surface area contributed by atoms with Gasteiger partial charge in [-0.1, -0.05) is 41.6 Å². The van der Waals surface area contributed by atoms with Crippen molar-refractivity contribution in [1.29, 1.82) is 0 Å². The Morgan fingerprint density at radius 1 is 1.03 bits per heavy atom. The SMILES string of the molecule is Cc1ccc(-n2c(=O)c3ccccc3n3c(SCC(=O)N4CCCCC4)nnc23)c(C)c1. The van der Waals surface area contributed by atoms with Crippen molar-refractivity contribution in [1.82, 2.24) is 24.1 Å². The molecule has 8 heteroatoms. The van der Waals surface area contributed by atoms with E-state index < -0.39 is 0 Å². The number of aromatic nitrogens is 4. The minimum Gasteiger partial charge on any atom is -0.342 e. The lowest BCUT2D eigenvalue weighted by atomic mass is 10.1. The van der Waals surface area contributed by atoms with Crippen LogP contribution >= 0.6 is 11.8 Å². The van der Waals surface area contributed by atoms with Crippen LogP contribution in [0.4, 0.5) is 0 Å². The molecule has 1 saturated heterocycles. The fourth-order valence-electron chi connectivity index (χ4n) is 4.41. The summed E-state index contributed by atoms with van der Waals surface area (Å²) < 4.78 is 3.52. The molecule has 1 aliphatic heterocycles. The second kappa shape index (κ2) is 8.43. The standard InChI is InChI=1S/C24H25N5O2S/c1-16-10-11-19(17(2)14-16)28-22(31)18-8-4-5-9-20(18)29-23(28)25-26-24(29)32-15-21(30)27-12-6-3-7-13-27/h4-5,8-11,14H,3,6-7,12-13,15H2,1-2H3. The molecule has 5 rings (SSSR count). The predicted octanol–water partition coefficient (Wildman–Crippen LogP) is 3.75. The van der Waals surface area contributed by atoms with Gasteiger partial charge in [-0.3, -0.25) is 14.0 Å². The lowest BCUT2D eigenvalue weighted by Gasteiger charge is -2.26. The highest BCUT2D eigenvalue weighted by molar-refractivity contribution is 7.99. The Bertz CT molecular complexity index is 1380. The van der Waals surface area contributed by atoms with Gasteiger partial charge in [-0.05, 0) is 56.9 Å². The molecular weight excluding hydrogens is 422 g/mol. The van der Waals surface area contributed by atoms with Crippen molar-refractivity contribution in [2.75, 3.05) is 18.8 Å². The zero-order valence-electron chi connectivity index (χ0n) is 18.2. The number of hydrogen-bond acceptors (Lipinski definition) is 5. The van der Waals surface area contributed by atoms with Crippen LogP contribution in [0, 0.1) is 13.8 Å². The minimum atomic E-state index is -0.131. The third-order valence-electron chi connectivity index (χ3n) is 6.02. The number of likely N-dealkylation sites (tertiary alicyclic amines) is 1. The van der Waals surface area contributed by atoms with Gasteiger partial charge in [0.2, 0.25) is 11.7 Å². The molecule has 164 valence electrons. The molecular formula is C24H25N5O2S. The number of carbonyl (C=O) groups is 1. The van der Waals surface area contributed by atoms with Gasteiger partial charge >= 0.3 is 0 Å². The van der Waals surface area contributed by atoms with Gasteiger partial charge in [-0.25, -0.2) is 4.57 Å². The van der Waals surface area contributed by atoms with Gasteiger partial charge in [0.1, 0.15) is 0 Å². The Morgan fingerprint density at radius 3 is 2.59 bits per heavy atom. The molecule has 0 radical (unpaired) electrons. The van der Waals surface area contributed by atoms with Gasteiger partial charge in [0.15, 0.2) is 5.16 Å². The van der Waals surface area contributed by atoms with Gasteiger partial charge in [0.05, 0.1) is 22.3 Å². The van der Waals surface area contributed by atoms with E-state index in [4.69, 9.17) is 0 Å². The van der Waals surface area contributed by atoms with E-state index in [0.29, 0.717) is 22.1 Å². The highest BCUT2D eigenvalue weighted by atomic mass is 32.2. The average molecular weight is 448 g/mol.